The smallest absolute Gasteiger partial charge is 0.328 e. The van der Waals surface area contributed by atoms with Crippen LogP contribution in [0.3, 0.4) is 0 Å². The van der Waals surface area contributed by atoms with Gasteiger partial charge in [-0.15, -0.1) is 11.3 Å². The summed E-state index contributed by atoms with van der Waals surface area (Å²) in [6.45, 7) is 0.674. The monoisotopic (exact) mass is 297 g/mol. The van der Waals surface area contributed by atoms with Gasteiger partial charge in [0.2, 0.25) is 0 Å². The van der Waals surface area contributed by atoms with Crippen LogP contribution in [0.4, 0.5) is 0 Å². The molecule has 0 spiro atoms. The van der Waals surface area contributed by atoms with E-state index >= 15 is 0 Å². The Morgan fingerprint density at radius 1 is 1.58 bits per heavy atom. The highest BCUT2D eigenvalue weighted by molar-refractivity contribution is 8.00. The first-order chi connectivity index (χ1) is 9.06. The number of hydrogen-bond acceptors (Lipinski definition) is 4. The highest BCUT2D eigenvalue weighted by Gasteiger charge is 2.42. The molecule has 6 heteroatoms. The van der Waals surface area contributed by atoms with Gasteiger partial charge in [0.25, 0.3) is 5.91 Å². The molecule has 0 unspecified atom stereocenters. The van der Waals surface area contributed by atoms with Crippen molar-refractivity contribution in [1.29, 1.82) is 0 Å². The fraction of sp³-hybridized carbons (Fsp3) is 0.385. The summed E-state index contributed by atoms with van der Waals surface area (Å²) in [5.41, 5.74) is 0.652. The molecule has 1 aliphatic carbocycles. The van der Waals surface area contributed by atoms with E-state index in [1.807, 2.05) is 0 Å². The molecule has 0 radical (unpaired) electrons. The summed E-state index contributed by atoms with van der Waals surface area (Å²) in [5.74, 6) is -1.14. The predicted molar refractivity (Wildman–Crippen MR) is 78.8 cm³/mol. The maximum Gasteiger partial charge on any atom is 0.328 e. The molecular weight excluding hydrogens is 282 g/mol. The van der Waals surface area contributed by atoms with Crippen LogP contribution in [0.5, 0.6) is 0 Å². The molecule has 0 atom stereocenters. The zero-order chi connectivity index (χ0) is 13.9. The molecule has 1 saturated carbocycles. The molecule has 2 rings (SSSR count). The zero-order valence-corrected chi connectivity index (χ0v) is 12.1. The minimum atomic E-state index is -1.02. The van der Waals surface area contributed by atoms with Crippen molar-refractivity contribution in [2.75, 3.05) is 12.8 Å². The van der Waals surface area contributed by atoms with Crippen LogP contribution in [-0.4, -0.2) is 34.5 Å². The van der Waals surface area contributed by atoms with Crippen molar-refractivity contribution in [3.8, 4) is 0 Å². The number of carbonyl (C=O) groups excluding carboxylic acids is 1. The molecule has 4 nitrogen and oxygen atoms in total. The number of nitrogens with one attached hydrogen (secondary N) is 1. The van der Waals surface area contributed by atoms with Gasteiger partial charge in [-0.3, -0.25) is 4.79 Å². The molecule has 19 heavy (non-hydrogen) atoms. The first-order valence-electron chi connectivity index (χ1n) is 5.88. The summed E-state index contributed by atoms with van der Waals surface area (Å²) in [5, 5.41) is 13.3. The number of thiophene rings is 1. The Bertz CT molecular complexity index is 518. The molecular formula is C13H15NO3S2. The summed E-state index contributed by atoms with van der Waals surface area (Å²) in [6.07, 6.45) is 6.85. The molecule has 1 aromatic heterocycles. The van der Waals surface area contributed by atoms with Crippen molar-refractivity contribution in [3.63, 3.8) is 0 Å². The van der Waals surface area contributed by atoms with Crippen LogP contribution in [0.2, 0.25) is 0 Å². The molecule has 1 fully saturated rings. The molecule has 0 saturated heterocycles. The third kappa shape index (κ3) is 3.61. The van der Waals surface area contributed by atoms with Gasteiger partial charge in [-0.25, -0.2) is 4.79 Å². The van der Waals surface area contributed by atoms with E-state index in [2.05, 4.69) is 11.6 Å². The number of aliphatic carboxylic acids is 1. The standard InChI is InChI=1S/C13H15NO3S2/c1-18-13(5-6-13)8-14-12(17)11-9(4-7-19-11)2-3-10(15)16/h2-4,7H,5-6,8H2,1H3,(H,14,17)(H,15,16)/b3-2+. The fourth-order valence-electron chi connectivity index (χ4n) is 1.71. The predicted octanol–water partition coefficient (Wildman–Crippen LogP) is 2.47. The highest BCUT2D eigenvalue weighted by atomic mass is 32.2. The van der Waals surface area contributed by atoms with Gasteiger partial charge in [-0.2, -0.15) is 11.8 Å². The van der Waals surface area contributed by atoms with Gasteiger partial charge in [-0.1, -0.05) is 0 Å². The Morgan fingerprint density at radius 3 is 2.89 bits per heavy atom. The Hall–Kier alpha value is -1.27. The van der Waals surface area contributed by atoms with Gasteiger partial charge in [-0.05, 0) is 42.2 Å². The summed E-state index contributed by atoms with van der Waals surface area (Å²) in [4.78, 5) is 23.1. The third-order valence-electron chi connectivity index (χ3n) is 3.12. The van der Waals surface area contributed by atoms with Crippen LogP contribution in [0.25, 0.3) is 6.08 Å². The first kappa shape index (κ1) is 14.1. The van der Waals surface area contributed by atoms with Crippen LogP contribution >= 0.6 is 23.1 Å². The lowest BCUT2D eigenvalue weighted by Gasteiger charge is -2.12. The van der Waals surface area contributed by atoms with Crippen LogP contribution in [-0.2, 0) is 4.79 Å². The first-order valence-corrected chi connectivity index (χ1v) is 7.99. The quantitative estimate of drug-likeness (QED) is 0.792. The number of thioether (sulfide) groups is 1. The van der Waals surface area contributed by atoms with E-state index in [1.165, 1.54) is 17.4 Å². The van der Waals surface area contributed by atoms with E-state index in [9.17, 15) is 9.59 Å². The largest absolute Gasteiger partial charge is 0.478 e. The Balaban J connectivity index is 1.99. The van der Waals surface area contributed by atoms with E-state index < -0.39 is 5.97 Å². The minimum absolute atomic E-state index is 0.125. The third-order valence-corrected chi connectivity index (χ3v) is 5.47. The maximum absolute atomic E-state index is 12.1. The molecule has 0 aliphatic heterocycles. The van der Waals surface area contributed by atoms with Gasteiger partial charge >= 0.3 is 5.97 Å². The van der Waals surface area contributed by atoms with Crippen molar-refractivity contribution in [3.05, 3.63) is 28.0 Å². The normalized spacial score (nSPS) is 16.5. The number of carbonyl (C=O) groups is 2. The van der Waals surface area contributed by atoms with Gasteiger partial charge in [0.15, 0.2) is 0 Å². The molecule has 1 aliphatic rings. The minimum Gasteiger partial charge on any atom is -0.478 e. The average Bonchev–Trinajstić information content (AvgIpc) is 3.02. The second-order valence-corrected chi connectivity index (χ2v) is 6.64. The van der Waals surface area contributed by atoms with Gasteiger partial charge in [0.1, 0.15) is 0 Å². The Labute approximate surface area is 119 Å². The molecule has 1 aromatic rings. The second-order valence-electron chi connectivity index (χ2n) is 4.45. The van der Waals surface area contributed by atoms with Crippen molar-refractivity contribution >= 4 is 41.1 Å². The van der Waals surface area contributed by atoms with E-state index in [-0.39, 0.29) is 10.7 Å². The molecule has 2 N–H and O–H groups in total. The Kier molecular flexibility index (Phi) is 4.31. The highest BCUT2D eigenvalue weighted by Crippen LogP contribution is 2.46. The van der Waals surface area contributed by atoms with Crippen LogP contribution < -0.4 is 5.32 Å². The molecule has 0 aromatic carbocycles. The Morgan fingerprint density at radius 2 is 2.32 bits per heavy atom. The van der Waals surface area contributed by atoms with E-state index in [4.69, 9.17) is 5.11 Å². The lowest BCUT2D eigenvalue weighted by Crippen LogP contribution is -2.31. The number of amides is 1. The fourth-order valence-corrected chi connectivity index (χ4v) is 3.24. The summed E-state index contributed by atoms with van der Waals surface area (Å²) >= 11 is 3.12. The molecule has 1 amide bonds. The van der Waals surface area contributed by atoms with Crippen LogP contribution in [0.15, 0.2) is 17.5 Å². The second kappa shape index (κ2) is 5.79. The van der Waals surface area contributed by atoms with Crippen molar-refractivity contribution in [1.82, 2.24) is 5.32 Å². The lowest BCUT2D eigenvalue weighted by atomic mass is 10.2. The average molecular weight is 297 g/mol. The molecule has 102 valence electrons. The van der Waals surface area contributed by atoms with Crippen LogP contribution in [0.1, 0.15) is 28.1 Å². The summed E-state index contributed by atoms with van der Waals surface area (Å²) in [7, 11) is 0. The maximum atomic E-state index is 12.1. The number of carboxylic acids is 1. The topological polar surface area (TPSA) is 66.4 Å². The van der Waals surface area contributed by atoms with Crippen molar-refractivity contribution in [2.45, 2.75) is 17.6 Å². The number of carboxylic acid groups (broad SMARTS) is 1. The van der Waals surface area contributed by atoms with E-state index in [1.54, 1.807) is 23.2 Å². The zero-order valence-electron chi connectivity index (χ0n) is 10.5. The van der Waals surface area contributed by atoms with E-state index in [0.29, 0.717) is 17.0 Å². The lowest BCUT2D eigenvalue weighted by molar-refractivity contribution is -0.131. The van der Waals surface area contributed by atoms with E-state index in [0.717, 1.165) is 18.9 Å². The van der Waals surface area contributed by atoms with Gasteiger partial charge in [0.05, 0.1) is 4.88 Å². The summed E-state index contributed by atoms with van der Waals surface area (Å²) < 4.78 is 0.226. The van der Waals surface area contributed by atoms with Gasteiger partial charge < -0.3 is 10.4 Å². The van der Waals surface area contributed by atoms with Crippen molar-refractivity contribution < 1.29 is 14.7 Å². The molecule has 1 heterocycles. The molecule has 0 bridgehead atoms. The number of hydrogen-bond donors (Lipinski definition) is 2. The van der Waals surface area contributed by atoms with Gasteiger partial charge in [0, 0.05) is 17.4 Å². The SMILES string of the molecule is CSC1(CNC(=O)c2sccc2/C=C/C(=O)O)CC1. The number of rotatable bonds is 6. The van der Waals surface area contributed by atoms with Crippen molar-refractivity contribution in [2.24, 2.45) is 0 Å². The van der Waals surface area contributed by atoms with Crippen LogP contribution in [0, 0.1) is 0 Å². The summed E-state index contributed by atoms with van der Waals surface area (Å²) in [6, 6.07) is 1.75.